The van der Waals surface area contributed by atoms with Gasteiger partial charge in [-0.05, 0) is 41.5 Å². The molecule has 1 heterocycles. The number of aliphatic hydroxyl groups excluding tert-OH is 1. The molecule has 0 spiro atoms. The van der Waals surface area contributed by atoms with Crippen molar-refractivity contribution in [2.45, 2.75) is 12.4 Å². The summed E-state index contributed by atoms with van der Waals surface area (Å²) in [7, 11) is -4.58. The van der Waals surface area contributed by atoms with Gasteiger partial charge in [-0.1, -0.05) is 12.1 Å². The van der Waals surface area contributed by atoms with Crippen molar-refractivity contribution >= 4 is 16.5 Å². The smallest absolute Gasteiger partial charge is 0.445 e. The summed E-state index contributed by atoms with van der Waals surface area (Å²) >= 11 is 0. The van der Waals surface area contributed by atoms with Gasteiger partial charge in [0.1, 0.15) is 6.26 Å². The first-order valence-electron chi connectivity index (χ1n) is 7.22. The Balaban J connectivity index is 1.73. The van der Waals surface area contributed by atoms with Crippen LogP contribution in [0.4, 0.5) is 0 Å². The Kier molecular flexibility index (Phi) is 4.64. The van der Waals surface area contributed by atoms with Crippen LogP contribution >= 0.6 is 0 Å². The molecule has 2 aromatic carbocycles. The molecule has 1 aliphatic rings. The zero-order valence-corrected chi connectivity index (χ0v) is 13.8. The highest BCUT2D eigenvalue weighted by Crippen LogP contribution is 2.40. The predicted octanol–water partition coefficient (Wildman–Crippen LogP) is 1.72. The van der Waals surface area contributed by atoms with Crippen LogP contribution in [0.15, 0.2) is 42.7 Å². The number of benzene rings is 2. The van der Waals surface area contributed by atoms with E-state index in [1.165, 1.54) is 30.3 Å². The fourth-order valence-corrected chi connectivity index (χ4v) is 2.48. The fourth-order valence-electron chi connectivity index (χ4n) is 2.28. The summed E-state index contributed by atoms with van der Waals surface area (Å²) in [6.07, 6.45) is -0.254. The first-order valence-corrected chi connectivity index (χ1v) is 8.59. The normalized spacial score (nSPS) is 17.4. The van der Waals surface area contributed by atoms with Gasteiger partial charge in [0.05, 0.1) is 0 Å². The third-order valence-corrected chi connectivity index (χ3v) is 3.84. The zero-order chi connectivity index (χ0) is 18.9. The topological polar surface area (TPSA) is 143 Å². The fraction of sp³-hybridized carbons (Fsp3) is 0.125. The molecule has 0 fully saturated rings. The van der Waals surface area contributed by atoms with Crippen LogP contribution in [0.1, 0.15) is 17.2 Å². The zero-order valence-electron chi connectivity index (χ0n) is 13.0. The molecule has 0 aliphatic carbocycles. The third kappa shape index (κ3) is 3.99. The van der Waals surface area contributed by atoms with Crippen molar-refractivity contribution in [1.29, 1.82) is 0 Å². The molecule has 138 valence electrons. The summed E-state index contributed by atoms with van der Waals surface area (Å²) in [6, 6.07) is 8.47. The van der Waals surface area contributed by atoms with E-state index in [1.807, 2.05) is 0 Å². The maximum atomic E-state index is 10.5. The molecule has 2 aromatic rings. The molecule has 0 saturated carbocycles. The standard InChI is InChI=1S/C16H14O9S/c17-11-3-2-10(8-12(11)18)15(19)16-24-13-4-1-9(7-14(13)25-16)5-6-23-26(20,21)22/h1-8,15-19H,(H,20,21,22)/b6-5+. The lowest BCUT2D eigenvalue weighted by atomic mass is 10.1. The van der Waals surface area contributed by atoms with E-state index in [0.717, 1.165) is 6.26 Å². The molecular weight excluding hydrogens is 368 g/mol. The van der Waals surface area contributed by atoms with Crippen molar-refractivity contribution in [3.8, 4) is 23.0 Å². The maximum absolute atomic E-state index is 10.5. The van der Waals surface area contributed by atoms with E-state index < -0.39 is 22.8 Å². The van der Waals surface area contributed by atoms with E-state index in [2.05, 4.69) is 4.18 Å². The molecule has 26 heavy (non-hydrogen) atoms. The van der Waals surface area contributed by atoms with Crippen LogP contribution in [-0.2, 0) is 14.6 Å². The highest BCUT2D eigenvalue weighted by Gasteiger charge is 2.32. The second-order valence-corrected chi connectivity index (χ2v) is 6.38. The van der Waals surface area contributed by atoms with Crippen molar-refractivity contribution in [3.05, 3.63) is 53.8 Å². The number of aliphatic hydroxyl groups is 1. The summed E-state index contributed by atoms with van der Waals surface area (Å²) in [6.45, 7) is 0. The number of phenolic OH excluding ortho intramolecular Hbond substituents is 2. The number of ether oxygens (including phenoxy) is 2. The average molecular weight is 382 g/mol. The number of aromatic hydroxyl groups is 2. The molecule has 0 radical (unpaired) electrons. The number of phenols is 2. The second kappa shape index (κ2) is 6.75. The molecule has 1 aliphatic heterocycles. The van der Waals surface area contributed by atoms with Gasteiger partial charge >= 0.3 is 10.4 Å². The number of hydrogen-bond acceptors (Lipinski definition) is 8. The SMILES string of the molecule is O=S(=O)(O)O/C=C/c1ccc2c(c1)OC(C(O)c1ccc(O)c(O)c1)O2. The summed E-state index contributed by atoms with van der Waals surface area (Å²) < 4.78 is 44.6. The minimum Gasteiger partial charge on any atom is -0.504 e. The molecule has 0 saturated heterocycles. The molecule has 2 unspecified atom stereocenters. The van der Waals surface area contributed by atoms with Gasteiger partial charge in [-0.15, -0.1) is 0 Å². The Morgan fingerprint density at radius 3 is 2.46 bits per heavy atom. The number of fused-ring (bicyclic) bond motifs is 1. The predicted molar refractivity (Wildman–Crippen MR) is 87.9 cm³/mol. The molecular formula is C16H14O9S. The van der Waals surface area contributed by atoms with E-state index >= 15 is 0 Å². The van der Waals surface area contributed by atoms with Crippen molar-refractivity contribution in [2.24, 2.45) is 0 Å². The van der Waals surface area contributed by atoms with Gasteiger partial charge in [-0.3, -0.25) is 4.55 Å². The molecule has 2 atom stereocenters. The van der Waals surface area contributed by atoms with Crippen LogP contribution in [-0.4, -0.2) is 34.6 Å². The van der Waals surface area contributed by atoms with Gasteiger partial charge < -0.3 is 29.0 Å². The van der Waals surface area contributed by atoms with Crippen LogP contribution in [0, 0.1) is 0 Å². The van der Waals surface area contributed by atoms with Crippen LogP contribution in [0.2, 0.25) is 0 Å². The maximum Gasteiger partial charge on any atom is 0.445 e. The Bertz CT molecular complexity index is 952. The molecule has 4 N–H and O–H groups in total. The third-order valence-electron chi connectivity index (χ3n) is 3.49. The van der Waals surface area contributed by atoms with Gasteiger partial charge in [0, 0.05) is 0 Å². The van der Waals surface area contributed by atoms with Gasteiger partial charge in [-0.25, -0.2) is 0 Å². The highest BCUT2D eigenvalue weighted by atomic mass is 32.3. The number of hydrogen-bond donors (Lipinski definition) is 4. The van der Waals surface area contributed by atoms with E-state index in [1.54, 1.807) is 12.1 Å². The van der Waals surface area contributed by atoms with Crippen molar-refractivity contribution in [2.75, 3.05) is 0 Å². The lowest BCUT2D eigenvalue weighted by Crippen LogP contribution is -2.26. The summed E-state index contributed by atoms with van der Waals surface area (Å²) in [5, 5.41) is 29.2. The number of rotatable bonds is 5. The Hall–Kier alpha value is -2.95. The lowest BCUT2D eigenvalue weighted by molar-refractivity contribution is -0.0605. The molecule has 3 rings (SSSR count). The van der Waals surface area contributed by atoms with Gasteiger partial charge in [-0.2, -0.15) is 8.42 Å². The molecule has 0 bridgehead atoms. The molecule has 10 heteroatoms. The Morgan fingerprint density at radius 2 is 1.77 bits per heavy atom. The quantitative estimate of drug-likeness (QED) is 0.345. The first-order chi connectivity index (χ1) is 12.2. The minimum absolute atomic E-state index is 0.278. The van der Waals surface area contributed by atoms with Gasteiger partial charge in [0.2, 0.25) is 0 Å². The van der Waals surface area contributed by atoms with Crippen molar-refractivity contribution < 1.29 is 41.9 Å². The van der Waals surface area contributed by atoms with Crippen LogP contribution in [0.3, 0.4) is 0 Å². The van der Waals surface area contributed by atoms with Crippen LogP contribution < -0.4 is 9.47 Å². The van der Waals surface area contributed by atoms with Crippen LogP contribution in [0.25, 0.3) is 6.08 Å². The Labute approximate surface area is 148 Å². The van der Waals surface area contributed by atoms with E-state index in [0.29, 0.717) is 17.1 Å². The highest BCUT2D eigenvalue weighted by molar-refractivity contribution is 7.81. The van der Waals surface area contributed by atoms with Gasteiger partial charge in [0.15, 0.2) is 29.1 Å². The summed E-state index contributed by atoms with van der Waals surface area (Å²) in [4.78, 5) is 0. The molecule has 0 aromatic heterocycles. The average Bonchev–Trinajstić information content (AvgIpc) is 2.99. The van der Waals surface area contributed by atoms with E-state index in [-0.39, 0.29) is 17.1 Å². The summed E-state index contributed by atoms with van der Waals surface area (Å²) in [5.41, 5.74) is 0.771. The van der Waals surface area contributed by atoms with Crippen LogP contribution in [0.5, 0.6) is 23.0 Å². The van der Waals surface area contributed by atoms with Crippen molar-refractivity contribution in [1.82, 2.24) is 0 Å². The largest absolute Gasteiger partial charge is 0.504 e. The van der Waals surface area contributed by atoms with E-state index in [9.17, 15) is 23.7 Å². The Morgan fingerprint density at radius 1 is 1.04 bits per heavy atom. The molecule has 0 amide bonds. The second-order valence-electron chi connectivity index (χ2n) is 5.33. The minimum atomic E-state index is -4.58. The van der Waals surface area contributed by atoms with E-state index in [4.69, 9.17) is 14.0 Å². The lowest BCUT2D eigenvalue weighted by Gasteiger charge is -2.17. The summed E-state index contributed by atoms with van der Waals surface area (Å²) in [5.74, 6) is -0.0553. The molecule has 9 nitrogen and oxygen atoms in total. The first kappa shape index (κ1) is 17.9. The van der Waals surface area contributed by atoms with Crippen molar-refractivity contribution in [3.63, 3.8) is 0 Å². The van der Waals surface area contributed by atoms with Gasteiger partial charge in [0.25, 0.3) is 6.29 Å². The monoisotopic (exact) mass is 382 g/mol.